The van der Waals surface area contributed by atoms with E-state index in [-0.39, 0.29) is 30.9 Å². The molecule has 0 bridgehead atoms. The van der Waals surface area contributed by atoms with Gasteiger partial charge < -0.3 is 36.0 Å². The number of nitrogens with two attached hydrogens (primary N) is 1. The van der Waals surface area contributed by atoms with Crippen LogP contribution in [0.1, 0.15) is 37.7 Å². The number of likely N-dealkylation sites (N-methyl/N-ethyl adjacent to an activating group) is 1. The molecule has 4 rings (SSSR count). The molecule has 2 aromatic rings. The molecule has 12 heteroatoms. The second kappa shape index (κ2) is 11.4. The van der Waals surface area contributed by atoms with Gasteiger partial charge in [-0.15, -0.1) is 0 Å². The van der Waals surface area contributed by atoms with Gasteiger partial charge in [0, 0.05) is 24.8 Å². The Bertz CT molecular complexity index is 1070. The highest BCUT2D eigenvalue weighted by atomic mass is 32.2. The number of aliphatic hydroxyl groups excluding tert-OH is 3. The fraction of sp³-hybridized carbons (Fsp3) is 0.583. The summed E-state index contributed by atoms with van der Waals surface area (Å²) in [7, 11) is 1.86. The van der Waals surface area contributed by atoms with Crippen molar-refractivity contribution in [3.63, 3.8) is 0 Å². The molecule has 2 saturated carbocycles. The lowest BCUT2D eigenvalue weighted by atomic mass is 10.1. The lowest BCUT2D eigenvalue weighted by molar-refractivity contribution is -0.0612. The largest absolute Gasteiger partial charge is 0.394 e. The van der Waals surface area contributed by atoms with Gasteiger partial charge in [-0.1, -0.05) is 24.8 Å². The third kappa shape index (κ3) is 5.67. The number of ether oxygens (including phenoxy) is 1. The molecule has 6 atom stereocenters. The van der Waals surface area contributed by atoms with Crippen LogP contribution < -0.4 is 16.0 Å². The molecule has 6 N–H and O–H groups in total. The highest BCUT2D eigenvalue weighted by molar-refractivity contribution is 7.99. The summed E-state index contributed by atoms with van der Waals surface area (Å²) in [6.45, 7) is 1.93. The van der Waals surface area contributed by atoms with E-state index in [1.54, 1.807) is 6.07 Å². The van der Waals surface area contributed by atoms with E-state index in [1.807, 2.05) is 11.9 Å². The zero-order chi connectivity index (χ0) is 26.0. The Morgan fingerprint density at radius 1 is 1.19 bits per heavy atom. The Balaban J connectivity index is 1.56. The number of nitrogens with zero attached hydrogens (tertiary/aromatic N) is 3. The van der Waals surface area contributed by atoms with E-state index >= 15 is 0 Å². The summed E-state index contributed by atoms with van der Waals surface area (Å²) in [5.41, 5.74) is 7.50. The van der Waals surface area contributed by atoms with Gasteiger partial charge in [-0.3, -0.25) is 0 Å². The first-order chi connectivity index (χ1) is 17.2. The Morgan fingerprint density at radius 3 is 2.67 bits per heavy atom. The maximum Gasteiger partial charge on any atom is 0.191 e. The second-order valence-corrected chi connectivity index (χ2v) is 10.3. The number of nitrogen functional groups attached to an aromatic ring is 1. The quantitative estimate of drug-likeness (QED) is 0.219. The van der Waals surface area contributed by atoms with Crippen molar-refractivity contribution in [1.29, 1.82) is 0 Å². The number of hydrogen-bond acceptors (Lipinski definition) is 10. The number of aliphatic hydroxyl groups is 3. The molecular formula is C24H33F2N5O4S. The molecule has 2 aliphatic rings. The van der Waals surface area contributed by atoms with Crippen LogP contribution in [0, 0.1) is 11.6 Å². The van der Waals surface area contributed by atoms with Gasteiger partial charge in [0.05, 0.1) is 25.4 Å². The molecule has 0 saturated heterocycles. The van der Waals surface area contributed by atoms with E-state index in [1.165, 1.54) is 17.8 Å². The van der Waals surface area contributed by atoms with Crippen molar-refractivity contribution in [2.75, 3.05) is 42.0 Å². The van der Waals surface area contributed by atoms with Gasteiger partial charge in [-0.2, -0.15) is 0 Å². The standard InChI is InChI=1S/C24H33F2N5O4S/c1-3-8-36-24-29-22(28-16-11-18(35-7-6-32)21(34)20(16)33)19(27)23(30-24)31(2)17-10-13(17)12-4-5-14(25)15(26)9-12/h4-5,9,13,16-18,20-21,32-34H,3,6-8,10-11,27H2,1-2H3,(H,28,29,30)/t13-,16+,17+,18-,20-,21+/m0/s1. The van der Waals surface area contributed by atoms with E-state index in [0.717, 1.165) is 24.7 Å². The highest BCUT2D eigenvalue weighted by Gasteiger charge is 2.44. The summed E-state index contributed by atoms with van der Waals surface area (Å²) in [5, 5.41) is 33.6. The first-order valence-electron chi connectivity index (χ1n) is 12.1. The van der Waals surface area contributed by atoms with E-state index in [4.69, 9.17) is 15.6 Å². The van der Waals surface area contributed by atoms with Crippen LogP contribution in [0.15, 0.2) is 23.4 Å². The smallest absolute Gasteiger partial charge is 0.191 e. The molecule has 1 aromatic carbocycles. The van der Waals surface area contributed by atoms with Crippen molar-refractivity contribution in [1.82, 2.24) is 9.97 Å². The monoisotopic (exact) mass is 525 g/mol. The number of hydrogen-bond donors (Lipinski definition) is 5. The number of anilines is 3. The third-order valence-electron chi connectivity index (χ3n) is 6.68. The Hall–Kier alpha value is -2.25. The lowest BCUT2D eigenvalue weighted by Crippen LogP contribution is -2.37. The van der Waals surface area contributed by atoms with Gasteiger partial charge in [-0.05, 0) is 37.0 Å². The van der Waals surface area contributed by atoms with Crippen LogP contribution in [0.5, 0.6) is 0 Å². The van der Waals surface area contributed by atoms with Gasteiger partial charge in [-0.25, -0.2) is 18.7 Å². The maximum atomic E-state index is 13.8. The van der Waals surface area contributed by atoms with Crippen LogP contribution in [-0.4, -0.2) is 81.7 Å². The predicted molar refractivity (Wildman–Crippen MR) is 134 cm³/mol. The van der Waals surface area contributed by atoms with Crippen molar-refractivity contribution in [3.8, 4) is 0 Å². The first-order valence-corrected chi connectivity index (χ1v) is 13.1. The molecule has 1 aromatic heterocycles. The number of thioether (sulfide) groups is 1. The molecule has 1 heterocycles. The number of aromatic nitrogens is 2. The van der Waals surface area contributed by atoms with Crippen LogP contribution in [-0.2, 0) is 4.74 Å². The molecule has 9 nitrogen and oxygen atoms in total. The Kier molecular flexibility index (Phi) is 8.51. The average Bonchev–Trinajstić information content (AvgIpc) is 3.62. The summed E-state index contributed by atoms with van der Waals surface area (Å²) in [5.74, 6) is -0.0860. The molecule has 2 aliphatic carbocycles. The van der Waals surface area contributed by atoms with Crippen LogP contribution in [0.4, 0.5) is 26.1 Å². The van der Waals surface area contributed by atoms with Crippen molar-refractivity contribution >= 4 is 29.1 Å². The summed E-state index contributed by atoms with van der Waals surface area (Å²) < 4.78 is 32.6. The SMILES string of the molecule is CCCSc1nc(N[C@@H]2C[C@H](OCCO)[C@@H](O)[C@H]2O)c(N)c(N(C)[C@@H]2C[C@H]2c2ccc(F)c(F)c2)n1. The van der Waals surface area contributed by atoms with E-state index in [2.05, 4.69) is 22.2 Å². The minimum atomic E-state index is -1.11. The molecule has 36 heavy (non-hydrogen) atoms. The Labute approximate surface area is 213 Å². The molecule has 0 radical (unpaired) electrons. The number of halogens is 2. The summed E-state index contributed by atoms with van der Waals surface area (Å²) in [4.78, 5) is 11.2. The third-order valence-corrected chi connectivity index (χ3v) is 7.73. The molecule has 198 valence electrons. The molecule has 2 fully saturated rings. The molecule has 0 amide bonds. The molecular weight excluding hydrogens is 492 g/mol. The number of benzene rings is 1. The fourth-order valence-corrected chi connectivity index (χ4v) is 5.31. The minimum absolute atomic E-state index is 0.000841. The maximum absolute atomic E-state index is 13.8. The molecule has 0 aliphatic heterocycles. The first kappa shape index (κ1) is 26.8. The topological polar surface area (TPSA) is 137 Å². The molecule has 0 unspecified atom stereocenters. The van der Waals surface area contributed by atoms with Crippen LogP contribution in [0.2, 0.25) is 0 Å². The van der Waals surface area contributed by atoms with Crippen LogP contribution in [0.3, 0.4) is 0 Å². The van der Waals surface area contributed by atoms with Crippen molar-refractivity contribution < 1.29 is 28.8 Å². The van der Waals surface area contributed by atoms with Gasteiger partial charge in [0.15, 0.2) is 28.4 Å². The van der Waals surface area contributed by atoms with Crippen molar-refractivity contribution in [2.45, 2.75) is 67.7 Å². The lowest BCUT2D eigenvalue weighted by Gasteiger charge is -2.24. The number of nitrogens with one attached hydrogen (secondary N) is 1. The summed E-state index contributed by atoms with van der Waals surface area (Å²) in [6, 6.07) is 3.39. The zero-order valence-electron chi connectivity index (χ0n) is 20.3. The van der Waals surface area contributed by atoms with E-state index in [9.17, 15) is 19.0 Å². The highest BCUT2D eigenvalue weighted by Crippen LogP contribution is 2.47. The Morgan fingerprint density at radius 2 is 1.97 bits per heavy atom. The number of rotatable bonds is 11. The second-order valence-electron chi connectivity index (χ2n) is 9.24. The van der Waals surface area contributed by atoms with Crippen molar-refractivity contribution in [3.05, 3.63) is 35.4 Å². The van der Waals surface area contributed by atoms with E-state index < -0.39 is 36.0 Å². The van der Waals surface area contributed by atoms with Gasteiger partial charge >= 0.3 is 0 Å². The minimum Gasteiger partial charge on any atom is -0.394 e. The fourth-order valence-electron chi connectivity index (χ4n) is 4.62. The average molecular weight is 526 g/mol. The van der Waals surface area contributed by atoms with Gasteiger partial charge in [0.1, 0.15) is 17.9 Å². The van der Waals surface area contributed by atoms with Crippen LogP contribution >= 0.6 is 11.8 Å². The normalized spacial score (nSPS) is 27.3. The van der Waals surface area contributed by atoms with E-state index in [0.29, 0.717) is 28.8 Å². The van der Waals surface area contributed by atoms with Gasteiger partial charge in [0.25, 0.3) is 0 Å². The molecule has 0 spiro atoms. The summed E-state index contributed by atoms with van der Waals surface area (Å²) in [6.07, 6.45) is -0.900. The van der Waals surface area contributed by atoms with Gasteiger partial charge in [0.2, 0.25) is 0 Å². The zero-order valence-corrected chi connectivity index (χ0v) is 21.1. The predicted octanol–water partition coefficient (Wildman–Crippen LogP) is 2.11. The van der Waals surface area contributed by atoms with Crippen molar-refractivity contribution in [2.24, 2.45) is 0 Å². The summed E-state index contributed by atoms with van der Waals surface area (Å²) >= 11 is 1.48. The van der Waals surface area contributed by atoms with Crippen LogP contribution in [0.25, 0.3) is 0 Å².